The van der Waals surface area contributed by atoms with E-state index in [0.29, 0.717) is 0 Å². The minimum absolute atomic E-state index is 1.23. The molecule has 15 aromatic rings. The molecule has 7 aromatic heterocycles. The number of hydrogen-bond donors (Lipinski definition) is 0. The average Bonchev–Trinajstić information content (AvgIpc) is 3.95. The first-order chi connectivity index (χ1) is 26.8. The second-order valence-corrected chi connectivity index (χ2v) is 17.0. The molecule has 0 amide bonds. The molecule has 0 aliphatic rings. The fourth-order valence-corrected chi connectivity index (χ4v) is 12.7. The number of benzene rings is 8. The number of nitrogens with zero attached hydrogens (tertiary/aromatic N) is 4. The first kappa shape index (κ1) is 27.1. The molecule has 0 bridgehead atoms. The summed E-state index contributed by atoms with van der Waals surface area (Å²) in [5.74, 6) is 0. The smallest absolute Gasteiger partial charge is 0.0784 e. The third-order valence-electron chi connectivity index (χ3n) is 12.4. The van der Waals surface area contributed by atoms with E-state index in [4.69, 9.17) is 0 Å². The van der Waals surface area contributed by atoms with E-state index < -0.39 is 0 Å². The second-order valence-electron chi connectivity index (χ2n) is 14.8. The van der Waals surface area contributed by atoms with Crippen LogP contribution in [0.3, 0.4) is 0 Å². The Labute approximate surface area is 312 Å². The summed E-state index contributed by atoms with van der Waals surface area (Å²) in [4.78, 5) is 0. The predicted molar refractivity (Wildman–Crippen MR) is 232 cm³/mol. The summed E-state index contributed by atoms with van der Waals surface area (Å²) >= 11 is 3.77. The molecule has 0 saturated carbocycles. The summed E-state index contributed by atoms with van der Waals surface area (Å²) in [6.45, 7) is 0. The molecule has 0 N–H and O–H groups in total. The Morgan fingerprint density at radius 2 is 0.630 bits per heavy atom. The zero-order valence-electron chi connectivity index (χ0n) is 28.5. The van der Waals surface area contributed by atoms with Gasteiger partial charge in [0.2, 0.25) is 0 Å². The number of para-hydroxylation sites is 6. The Bertz CT molecular complexity index is 3920. The maximum absolute atomic E-state index is 2.57. The third kappa shape index (κ3) is 2.84. The molecule has 0 saturated heterocycles. The maximum atomic E-state index is 2.57. The van der Waals surface area contributed by atoms with Crippen molar-refractivity contribution in [1.29, 1.82) is 0 Å². The fourth-order valence-electron chi connectivity index (χ4n) is 10.5. The van der Waals surface area contributed by atoms with Crippen LogP contribution in [-0.4, -0.2) is 17.6 Å². The number of hydrogen-bond acceptors (Lipinski definition) is 2. The van der Waals surface area contributed by atoms with Gasteiger partial charge in [-0.05, 0) is 60.7 Å². The van der Waals surface area contributed by atoms with Gasteiger partial charge in [0, 0.05) is 43.1 Å². The van der Waals surface area contributed by atoms with Crippen molar-refractivity contribution in [3.05, 3.63) is 146 Å². The van der Waals surface area contributed by atoms with Crippen LogP contribution < -0.4 is 0 Å². The molecule has 7 heterocycles. The van der Waals surface area contributed by atoms with Gasteiger partial charge in [0.25, 0.3) is 0 Å². The van der Waals surface area contributed by atoms with E-state index in [1.807, 2.05) is 22.7 Å². The van der Waals surface area contributed by atoms with E-state index in [2.05, 4.69) is 163 Å². The van der Waals surface area contributed by atoms with Crippen molar-refractivity contribution >= 4 is 151 Å². The normalized spacial score (nSPS) is 13.2. The first-order valence-corrected chi connectivity index (χ1v) is 20.1. The quantitative estimate of drug-likeness (QED) is 0.139. The zero-order chi connectivity index (χ0) is 34.6. The first-order valence-electron chi connectivity index (χ1n) is 18.5. The van der Waals surface area contributed by atoms with Crippen LogP contribution in [-0.2, 0) is 0 Å². The minimum atomic E-state index is 1.23. The monoisotopic (exact) mass is 720 g/mol. The molecule has 248 valence electrons. The number of fused-ring (bicyclic) bond motifs is 20. The Hall–Kier alpha value is -6.60. The van der Waals surface area contributed by atoms with Crippen molar-refractivity contribution in [2.45, 2.75) is 0 Å². The van der Waals surface area contributed by atoms with E-state index in [1.54, 1.807) is 0 Å². The molecule has 0 spiro atoms. The molecule has 0 atom stereocenters. The highest BCUT2D eigenvalue weighted by Gasteiger charge is 2.26. The summed E-state index contributed by atoms with van der Waals surface area (Å²) in [5, 5.41) is 10.4. The zero-order valence-corrected chi connectivity index (χ0v) is 30.1. The fraction of sp³-hybridized carbons (Fsp3) is 0. The van der Waals surface area contributed by atoms with Crippen LogP contribution in [0.15, 0.2) is 146 Å². The summed E-state index contributed by atoms with van der Waals surface area (Å²) in [7, 11) is 0. The Morgan fingerprint density at radius 1 is 0.241 bits per heavy atom. The van der Waals surface area contributed by atoms with Gasteiger partial charge in [-0.2, -0.15) is 0 Å². The van der Waals surface area contributed by atoms with Crippen LogP contribution in [0.4, 0.5) is 0 Å². The van der Waals surface area contributed by atoms with Gasteiger partial charge in [0.15, 0.2) is 0 Å². The van der Waals surface area contributed by atoms with Gasteiger partial charge in [-0.15, -0.1) is 22.7 Å². The van der Waals surface area contributed by atoms with Gasteiger partial charge < -0.3 is 17.6 Å². The average molecular weight is 721 g/mol. The van der Waals surface area contributed by atoms with Crippen molar-refractivity contribution in [3.63, 3.8) is 0 Å². The van der Waals surface area contributed by atoms with Gasteiger partial charge >= 0.3 is 0 Å². The number of rotatable bonds is 0. The van der Waals surface area contributed by atoms with Crippen molar-refractivity contribution in [2.75, 3.05) is 0 Å². The molecule has 4 nitrogen and oxygen atoms in total. The maximum Gasteiger partial charge on any atom is 0.0784 e. The molecule has 0 fully saturated rings. The lowest BCUT2D eigenvalue weighted by atomic mass is 10.1. The molecule has 54 heavy (non-hydrogen) atoms. The van der Waals surface area contributed by atoms with Crippen LogP contribution in [0.5, 0.6) is 0 Å². The third-order valence-corrected chi connectivity index (χ3v) is 14.6. The molecule has 8 aromatic carbocycles. The highest BCUT2D eigenvalue weighted by molar-refractivity contribution is 7.25. The molecule has 0 aliphatic carbocycles. The van der Waals surface area contributed by atoms with E-state index in [0.717, 1.165) is 0 Å². The lowest BCUT2D eigenvalue weighted by Crippen LogP contribution is -1.96. The molecular formula is C48H24N4S2. The lowest BCUT2D eigenvalue weighted by molar-refractivity contribution is 1.26. The lowest BCUT2D eigenvalue weighted by Gasteiger charge is -2.11. The minimum Gasteiger partial charge on any atom is -0.306 e. The Morgan fingerprint density at radius 3 is 1.13 bits per heavy atom. The van der Waals surface area contributed by atoms with E-state index in [-0.39, 0.29) is 0 Å². The topological polar surface area (TPSA) is 17.6 Å². The summed E-state index contributed by atoms with van der Waals surface area (Å²) in [5.41, 5.74) is 15.2. The summed E-state index contributed by atoms with van der Waals surface area (Å²) in [6.07, 6.45) is 0. The SMILES string of the molecule is c1ccc2c(c1)sc1cccc3c4ccc5c(c6cccc7c6n5c5cccc6c8c(ccc9c%10cccc%11sc%12ccccc%12n(c%11%10)c98)n7c65)c4n2c13. The van der Waals surface area contributed by atoms with Gasteiger partial charge in [0.05, 0.1) is 85.0 Å². The molecule has 6 heteroatoms. The largest absolute Gasteiger partial charge is 0.306 e. The van der Waals surface area contributed by atoms with Gasteiger partial charge in [-0.1, -0.05) is 84.9 Å². The molecule has 15 rings (SSSR count). The van der Waals surface area contributed by atoms with Crippen molar-refractivity contribution in [2.24, 2.45) is 0 Å². The molecule has 0 aliphatic heterocycles. The van der Waals surface area contributed by atoms with Gasteiger partial charge in [-0.25, -0.2) is 0 Å². The standard InChI is InChI=1S/C48H24N4S2/c1-3-17-37-31(13-1)51-45-25(9-7-19-39(45)53-37)27-21-23-33-41(47(27)51)29-11-5-15-35-43(29)49(33)36-16-6-12-30-42-34(50(35)44(30)36)24-22-28-26-10-8-20-40-46(26)52(48(28)42)32-14-2-4-18-38(32)54-40/h1-24H. The van der Waals surface area contributed by atoms with Crippen molar-refractivity contribution in [1.82, 2.24) is 17.6 Å². The second kappa shape index (κ2) is 8.95. The highest BCUT2D eigenvalue weighted by Crippen LogP contribution is 2.48. The van der Waals surface area contributed by atoms with Gasteiger partial charge in [-0.3, -0.25) is 0 Å². The van der Waals surface area contributed by atoms with Crippen LogP contribution in [0.25, 0.3) is 128 Å². The van der Waals surface area contributed by atoms with Crippen LogP contribution in [0, 0.1) is 0 Å². The summed E-state index contributed by atoms with van der Waals surface area (Å²) in [6, 6.07) is 54.8. The molecule has 0 unspecified atom stereocenters. The number of aromatic nitrogens is 4. The predicted octanol–water partition coefficient (Wildman–Crippen LogP) is 13.8. The molecular weight excluding hydrogens is 697 g/mol. The van der Waals surface area contributed by atoms with Crippen LogP contribution in [0.1, 0.15) is 0 Å². The van der Waals surface area contributed by atoms with Crippen molar-refractivity contribution in [3.8, 4) is 0 Å². The highest BCUT2D eigenvalue weighted by atomic mass is 32.1. The Balaban J connectivity index is 1.22. The van der Waals surface area contributed by atoms with E-state index in [1.165, 1.54) is 128 Å². The van der Waals surface area contributed by atoms with Crippen LogP contribution in [0.2, 0.25) is 0 Å². The van der Waals surface area contributed by atoms with E-state index in [9.17, 15) is 0 Å². The van der Waals surface area contributed by atoms with Gasteiger partial charge in [0.1, 0.15) is 0 Å². The Kier molecular flexibility index (Phi) is 4.48. The van der Waals surface area contributed by atoms with Crippen LogP contribution >= 0.6 is 22.7 Å². The molecule has 0 radical (unpaired) electrons. The van der Waals surface area contributed by atoms with Crippen molar-refractivity contribution < 1.29 is 0 Å². The summed E-state index contributed by atoms with van der Waals surface area (Å²) < 4.78 is 15.5. The van der Waals surface area contributed by atoms with E-state index >= 15 is 0 Å².